The number of aromatic nitrogens is 4. The maximum atomic E-state index is 12.0. The summed E-state index contributed by atoms with van der Waals surface area (Å²) in [6, 6.07) is 7.68. The Morgan fingerprint density at radius 2 is 1.96 bits per heavy atom. The fourth-order valence-electron chi connectivity index (χ4n) is 2.57. The van der Waals surface area contributed by atoms with E-state index in [0.29, 0.717) is 12.2 Å². The Balaban J connectivity index is 1.57. The highest BCUT2D eigenvalue weighted by Gasteiger charge is 2.10. The molecule has 7 nitrogen and oxygen atoms in total. The molecule has 2 aromatic heterocycles. The van der Waals surface area contributed by atoms with Gasteiger partial charge in [-0.2, -0.15) is 0 Å². The summed E-state index contributed by atoms with van der Waals surface area (Å²) in [5.74, 6) is 0.970. The van der Waals surface area contributed by atoms with Crippen LogP contribution in [0.1, 0.15) is 30.0 Å². The predicted molar refractivity (Wildman–Crippen MR) is 95.1 cm³/mol. The minimum atomic E-state index is -0.281. The third-order valence-electron chi connectivity index (χ3n) is 3.98. The van der Waals surface area contributed by atoms with Gasteiger partial charge in [0, 0.05) is 30.5 Å². The highest BCUT2D eigenvalue weighted by atomic mass is 16.2. The highest BCUT2D eigenvalue weighted by Crippen LogP contribution is 2.21. The Morgan fingerprint density at radius 3 is 2.60 bits per heavy atom. The topological polar surface area (TPSA) is 84.7 Å². The van der Waals surface area contributed by atoms with Gasteiger partial charge in [-0.1, -0.05) is 12.1 Å². The van der Waals surface area contributed by atoms with Gasteiger partial charge in [0.05, 0.1) is 24.5 Å². The third kappa shape index (κ3) is 4.20. The van der Waals surface area contributed by atoms with Gasteiger partial charge in [0.15, 0.2) is 0 Å². The van der Waals surface area contributed by atoms with Crippen LogP contribution in [0.15, 0.2) is 55.2 Å². The molecule has 0 aliphatic heterocycles. The second-order valence-corrected chi connectivity index (χ2v) is 5.68. The molecule has 0 aliphatic rings. The number of aryl methyl sites for hydroxylation is 1. The number of rotatable bonds is 5. The van der Waals surface area contributed by atoms with Crippen LogP contribution in [0.5, 0.6) is 0 Å². The molecule has 25 heavy (non-hydrogen) atoms. The lowest BCUT2D eigenvalue weighted by Gasteiger charge is -2.16. The Morgan fingerprint density at radius 1 is 1.16 bits per heavy atom. The number of nitrogens with one attached hydrogen (secondary N) is 2. The molecule has 0 fully saturated rings. The molecule has 0 spiro atoms. The molecule has 3 rings (SSSR count). The van der Waals surface area contributed by atoms with E-state index in [2.05, 4.69) is 37.1 Å². The maximum absolute atomic E-state index is 12.0. The van der Waals surface area contributed by atoms with Crippen LogP contribution >= 0.6 is 0 Å². The number of carbonyl (C=O) groups is 1. The molecule has 0 unspecified atom stereocenters. The summed E-state index contributed by atoms with van der Waals surface area (Å²) in [6.07, 6.45) is 8.57. The SMILES string of the molecule is Cc1nccn1[C@@H](C)c1ccc(NC(=O)NCc2cnccn2)cc1. The molecule has 3 aromatic rings. The largest absolute Gasteiger partial charge is 0.332 e. The summed E-state index contributed by atoms with van der Waals surface area (Å²) < 4.78 is 2.11. The zero-order chi connectivity index (χ0) is 17.6. The number of hydrogen-bond donors (Lipinski definition) is 2. The van der Waals surface area contributed by atoms with Crippen molar-refractivity contribution in [3.63, 3.8) is 0 Å². The van der Waals surface area contributed by atoms with Crippen molar-refractivity contribution in [1.29, 1.82) is 0 Å². The third-order valence-corrected chi connectivity index (χ3v) is 3.98. The van der Waals surface area contributed by atoms with Crippen molar-refractivity contribution in [3.05, 3.63) is 72.3 Å². The van der Waals surface area contributed by atoms with Crippen LogP contribution in [0.4, 0.5) is 10.5 Å². The lowest BCUT2D eigenvalue weighted by atomic mass is 10.1. The molecule has 2 N–H and O–H groups in total. The van der Waals surface area contributed by atoms with Gasteiger partial charge >= 0.3 is 6.03 Å². The van der Waals surface area contributed by atoms with Crippen LogP contribution in [-0.2, 0) is 6.54 Å². The smallest absolute Gasteiger partial charge is 0.319 e. The van der Waals surface area contributed by atoms with Gasteiger partial charge in [-0.3, -0.25) is 9.97 Å². The lowest BCUT2D eigenvalue weighted by Crippen LogP contribution is -2.28. The van der Waals surface area contributed by atoms with Gasteiger partial charge < -0.3 is 15.2 Å². The molecule has 128 valence electrons. The second-order valence-electron chi connectivity index (χ2n) is 5.68. The quantitative estimate of drug-likeness (QED) is 0.750. The van der Waals surface area contributed by atoms with Gasteiger partial charge in [-0.05, 0) is 31.5 Å². The van der Waals surface area contributed by atoms with Crippen LogP contribution in [-0.4, -0.2) is 25.6 Å². The minimum Gasteiger partial charge on any atom is -0.332 e. The van der Waals surface area contributed by atoms with Gasteiger partial charge in [-0.25, -0.2) is 9.78 Å². The highest BCUT2D eigenvalue weighted by molar-refractivity contribution is 5.89. The van der Waals surface area contributed by atoms with Crippen molar-refractivity contribution in [2.24, 2.45) is 0 Å². The van der Waals surface area contributed by atoms with Crippen LogP contribution < -0.4 is 10.6 Å². The molecule has 1 atom stereocenters. The Kier molecular flexibility index (Phi) is 5.03. The normalized spacial score (nSPS) is 11.8. The van der Waals surface area contributed by atoms with Crippen LogP contribution in [0.3, 0.4) is 0 Å². The molecule has 0 aliphatic carbocycles. The summed E-state index contributed by atoms with van der Waals surface area (Å²) in [6.45, 7) is 4.42. The van der Waals surface area contributed by atoms with E-state index in [0.717, 1.165) is 17.1 Å². The summed E-state index contributed by atoms with van der Waals surface area (Å²) in [4.78, 5) is 24.3. The van der Waals surface area contributed by atoms with Crippen LogP contribution in [0.2, 0.25) is 0 Å². The van der Waals surface area contributed by atoms with Crippen LogP contribution in [0.25, 0.3) is 0 Å². The zero-order valence-electron chi connectivity index (χ0n) is 14.2. The molecule has 1 aromatic carbocycles. The van der Waals surface area contributed by atoms with Crippen LogP contribution in [0, 0.1) is 6.92 Å². The number of hydrogen-bond acceptors (Lipinski definition) is 4. The first-order valence-electron chi connectivity index (χ1n) is 8.02. The predicted octanol–water partition coefficient (Wildman–Crippen LogP) is 2.91. The molecule has 0 saturated carbocycles. The van der Waals surface area contributed by atoms with E-state index in [1.165, 1.54) is 0 Å². The molecule has 0 bridgehead atoms. The van der Waals surface area contributed by atoms with Gasteiger partial charge in [0.2, 0.25) is 0 Å². The average molecular weight is 336 g/mol. The van der Waals surface area contributed by atoms with Crippen molar-refractivity contribution in [3.8, 4) is 0 Å². The molecule has 0 saturated heterocycles. The molecular weight excluding hydrogens is 316 g/mol. The van der Waals surface area contributed by atoms with E-state index >= 15 is 0 Å². The molecule has 2 heterocycles. The number of carbonyl (C=O) groups excluding carboxylic acids is 1. The van der Waals surface area contributed by atoms with Crippen molar-refractivity contribution >= 4 is 11.7 Å². The molecule has 7 heteroatoms. The lowest BCUT2D eigenvalue weighted by molar-refractivity contribution is 0.251. The fourth-order valence-corrected chi connectivity index (χ4v) is 2.57. The van der Waals surface area contributed by atoms with E-state index in [4.69, 9.17) is 0 Å². The van der Waals surface area contributed by atoms with Gasteiger partial charge in [-0.15, -0.1) is 0 Å². The van der Waals surface area contributed by atoms with E-state index in [1.807, 2.05) is 37.4 Å². The monoisotopic (exact) mass is 336 g/mol. The van der Waals surface area contributed by atoms with Crippen molar-refractivity contribution in [2.75, 3.05) is 5.32 Å². The van der Waals surface area contributed by atoms with Crippen molar-refractivity contribution in [1.82, 2.24) is 24.8 Å². The standard InChI is InChI=1S/C18H20N6O/c1-13(24-10-9-20-14(24)2)15-3-5-16(6-4-15)23-18(25)22-12-17-11-19-7-8-21-17/h3-11,13H,12H2,1-2H3,(H2,22,23,25)/t13-/m0/s1. The number of anilines is 1. The second kappa shape index (κ2) is 7.57. The number of nitrogens with zero attached hydrogens (tertiary/aromatic N) is 4. The Hall–Kier alpha value is -3.22. The summed E-state index contributed by atoms with van der Waals surface area (Å²) in [5, 5.41) is 5.56. The van der Waals surface area contributed by atoms with Crippen molar-refractivity contribution < 1.29 is 4.79 Å². The fraction of sp³-hybridized carbons (Fsp3) is 0.222. The maximum Gasteiger partial charge on any atom is 0.319 e. The molecule has 2 amide bonds. The molecule has 0 radical (unpaired) electrons. The first-order chi connectivity index (χ1) is 12.1. The number of imidazole rings is 1. The molecular formula is C18H20N6O. The minimum absolute atomic E-state index is 0.182. The summed E-state index contributed by atoms with van der Waals surface area (Å²) in [5.41, 5.74) is 2.58. The first kappa shape index (κ1) is 16.6. The number of urea groups is 1. The number of amides is 2. The average Bonchev–Trinajstić information content (AvgIpc) is 3.07. The van der Waals surface area contributed by atoms with Crippen molar-refractivity contribution in [2.45, 2.75) is 26.4 Å². The van der Waals surface area contributed by atoms with E-state index in [9.17, 15) is 4.79 Å². The summed E-state index contributed by atoms with van der Waals surface area (Å²) >= 11 is 0. The zero-order valence-corrected chi connectivity index (χ0v) is 14.2. The first-order valence-corrected chi connectivity index (χ1v) is 8.02. The van der Waals surface area contributed by atoms with Gasteiger partial charge in [0.25, 0.3) is 0 Å². The van der Waals surface area contributed by atoms with E-state index < -0.39 is 0 Å². The van der Waals surface area contributed by atoms with E-state index in [1.54, 1.807) is 24.8 Å². The summed E-state index contributed by atoms with van der Waals surface area (Å²) in [7, 11) is 0. The Bertz CT molecular complexity index is 828. The van der Waals surface area contributed by atoms with E-state index in [-0.39, 0.29) is 12.1 Å². The number of benzene rings is 1. The van der Waals surface area contributed by atoms with Gasteiger partial charge in [0.1, 0.15) is 5.82 Å². The Labute approximate surface area is 146 Å².